The number of allylic oxidation sites excluding steroid dienone is 1. The molecule has 7 heteroatoms. The lowest BCUT2D eigenvalue weighted by atomic mass is 10.1. The van der Waals surface area contributed by atoms with Gasteiger partial charge in [-0.05, 0) is 31.0 Å². The number of ether oxygens (including phenoxy) is 1. The van der Waals surface area contributed by atoms with Gasteiger partial charge in [-0.25, -0.2) is 0 Å². The number of hydrogen-bond donors (Lipinski definition) is 1. The number of thioether (sulfide) groups is 1. The molecule has 0 saturated heterocycles. The first kappa shape index (κ1) is 21.6. The Morgan fingerprint density at radius 2 is 1.90 bits per heavy atom. The third-order valence-corrected chi connectivity index (χ3v) is 5.35. The zero-order chi connectivity index (χ0) is 21.2. The predicted molar refractivity (Wildman–Crippen MR) is 121 cm³/mol. The number of para-hydroxylation sites is 2. The summed E-state index contributed by atoms with van der Waals surface area (Å²) in [6, 6.07) is 17.7. The quantitative estimate of drug-likeness (QED) is 0.367. The van der Waals surface area contributed by atoms with E-state index in [1.807, 2.05) is 60.0 Å². The summed E-state index contributed by atoms with van der Waals surface area (Å²) >= 11 is 1.36. The van der Waals surface area contributed by atoms with E-state index < -0.39 is 0 Å². The van der Waals surface area contributed by atoms with E-state index in [-0.39, 0.29) is 11.7 Å². The van der Waals surface area contributed by atoms with Crippen molar-refractivity contribution in [2.24, 2.45) is 0 Å². The Balaban J connectivity index is 1.61. The van der Waals surface area contributed by atoms with E-state index in [1.165, 1.54) is 17.3 Å². The number of carbonyl (C=O) groups is 1. The molecule has 0 unspecified atom stereocenters. The van der Waals surface area contributed by atoms with E-state index >= 15 is 0 Å². The number of hydrogen-bond acceptors (Lipinski definition) is 5. The van der Waals surface area contributed by atoms with Crippen molar-refractivity contribution in [2.45, 2.75) is 31.5 Å². The summed E-state index contributed by atoms with van der Waals surface area (Å²) in [4.78, 5) is 12.5. The fourth-order valence-corrected chi connectivity index (χ4v) is 3.76. The van der Waals surface area contributed by atoms with Crippen LogP contribution in [0.5, 0.6) is 5.75 Å². The van der Waals surface area contributed by atoms with Gasteiger partial charge < -0.3 is 14.6 Å². The molecule has 0 spiro atoms. The highest BCUT2D eigenvalue weighted by atomic mass is 32.2. The van der Waals surface area contributed by atoms with Gasteiger partial charge in [0.15, 0.2) is 5.16 Å². The van der Waals surface area contributed by atoms with Crippen molar-refractivity contribution in [2.75, 3.05) is 17.7 Å². The monoisotopic (exact) mass is 422 g/mol. The zero-order valence-electron chi connectivity index (χ0n) is 17.1. The van der Waals surface area contributed by atoms with Crippen LogP contribution < -0.4 is 10.1 Å². The third-order valence-electron chi connectivity index (χ3n) is 4.38. The molecule has 30 heavy (non-hydrogen) atoms. The molecule has 3 rings (SSSR count). The van der Waals surface area contributed by atoms with Crippen LogP contribution in [0.2, 0.25) is 0 Å². The maximum atomic E-state index is 12.5. The summed E-state index contributed by atoms with van der Waals surface area (Å²) in [5.41, 5.74) is 1.92. The molecule has 1 N–H and O–H groups in total. The molecule has 0 aliphatic carbocycles. The molecule has 3 aromatic rings. The first-order valence-corrected chi connectivity index (χ1v) is 10.9. The number of amides is 1. The fraction of sp³-hybridized carbons (Fsp3) is 0.261. The van der Waals surface area contributed by atoms with E-state index in [2.05, 4.69) is 34.2 Å². The molecular weight excluding hydrogens is 396 g/mol. The Morgan fingerprint density at radius 1 is 1.13 bits per heavy atom. The summed E-state index contributed by atoms with van der Waals surface area (Å²) < 4.78 is 7.58. The smallest absolute Gasteiger partial charge is 0.234 e. The summed E-state index contributed by atoms with van der Waals surface area (Å²) in [7, 11) is 0. The highest BCUT2D eigenvalue weighted by Gasteiger charge is 2.14. The van der Waals surface area contributed by atoms with E-state index in [4.69, 9.17) is 4.74 Å². The Kier molecular flexibility index (Phi) is 8.09. The minimum absolute atomic E-state index is 0.119. The van der Waals surface area contributed by atoms with Crippen LogP contribution in [0.1, 0.15) is 18.3 Å². The number of anilines is 1. The molecule has 0 saturated carbocycles. The standard InChI is InChI=1S/C23H26N4O2S/c1-3-16-27-21(15-14-18-10-6-5-7-11-18)25-26-23(27)30-17-22(28)24-19-12-8-9-13-20(19)29-4-2/h3,5-13H,1,4,14-17H2,2H3,(H,24,28). The van der Waals surface area contributed by atoms with Gasteiger partial charge in [0.1, 0.15) is 11.6 Å². The molecule has 0 aliphatic heterocycles. The lowest BCUT2D eigenvalue weighted by Gasteiger charge is -2.11. The van der Waals surface area contributed by atoms with Crippen LogP contribution in [0.3, 0.4) is 0 Å². The molecule has 2 aromatic carbocycles. The second-order valence-electron chi connectivity index (χ2n) is 6.55. The van der Waals surface area contributed by atoms with Crippen molar-refractivity contribution >= 4 is 23.4 Å². The summed E-state index contributed by atoms with van der Waals surface area (Å²) in [5, 5.41) is 12.3. The number of rotatable bonds is 11. The molecule has 1 aromatic heterocycles. The molecule has 0 atom stereocenters. The van der Waals surface area contributed by atoms with Crippen LogP contribution in [-0.4, -0.2) is 33.0 Å². The topological polar surface area (TPSA) is 69.0 Å². The number of aryl methyl sites for hydroxylation is 2. The lowest BCUT2D eigenvalue weighted by Crippen LogP contribution is -2.15. The van der Waals surface area contributed by atoms with Gasteiger partial charge in [-0.15, -0.1) is 16.8 Å². The zero-order valence-corrected chi connectivity index (χ0v) is 17.9. The molecule has 0 bridgehead atoms. The first-order valence-electron chi connectivity index (χ1n) is 9.92. The van der Waals surface area contributed by atoms with E-state index in [1.54, 1.807) is 0 Å². The van der Waals surface area contributed by atoms with Crippen LogP contribution in [0.15, 0.2) is 72.4 Å². The summed E-state index contributed by atoms with van der Waals surface area (Å²) in [6.45, 7) is 6.89. The van der Waals surface area contributed by atoms with Gasteiger partial charge in [-0.3, -0.25) is 4.79 Å². The van der Waals surface area contributed by atoms with Crippen LogP contribution in [0, 0.1) is 0 Å². The number of benzene rings is 2. The van der Waals surface area contributed by atoms with E-state index in [0.29, 0.717) is 29.7 Å². The largest absolute Gasteiger partial charge is 0.492 e. The van der Waals surface area contributed by atoms with Gasteiger partial charge >= 0.3 is 0 Å². The van der Waals surface area contributed by atoms with Gasteiger partial charge in [-0.2, -0.15) is 0 Å². The van der Waals surface area contributed by atoms with E-state index in [9.17, 15) is 4.79 Å². The maximum absolute atomic E-state index is 12.5. The van der Waals surface area contributed by atoms with Crippen molar-refractivity contribution in [3.63, 3.8) is 0 Å². The van der Waals surface area contributed by atoms with Crippen LogP contribution >= 0.6 is 11.8 Å². The lowest BCUT2D eigenvalue weighted by molar-refractivity contribution is -0.113. The molecule has 0 aliphatic rings. The average molecular weight is 423 g/mol. The Hall–Kier alpha value is -3.06. The highest BCUT2D eigenvalue weighted by molar-refractivity contribution is 7.99. The number of carbonyl (C=O) groups excluding carboxylic acids is 1. The van der Waals surface area contributed by atoms with Crippen molar-refractivity contribution in [3.8, 4) is 5.75 Å². The Morgan fingerprint density at radius 3 is 2.67 bits per heavy atom. The minimum atomic E-state index is -0.119. The minimum Gasteiger partial charge on any atom is -0.492 e. The first-order chi connectivity index (χ1) is 14.7. The van der Waals surface area contributed by atoms with Crippen molar-refractivity contribution in [1.29, 1.82) is 0 Å². The van der Waals surface area contributed by atoms with Gasteiger partial charge in [-0.1, -0.05) is 60.3 Å². The normalized spacial score (nSPS) is 10.6. The number of nitrogens with one attached hydrogen (secondary N) is 1. The number of aromatic nitrogens is 3. The molecular formula is C23H26N4O2S. The van der Waals surface area contributed by atoms with E-state index in [0.717, 1.165) is 18.7 Å². The third kappa shape index (κ3) is 5.97. The van der Waals surface area contributed by atoms with Crippen molar-refractivity contribution in [1.82, 2.24) is 14.8 Å². The highest BCUT2D eigenvalue weighted by Crippen LogP contribution is 2.24. The van der Waals surface area contributed by atoms with Crippen LogP contribution in [0.25, 0.3) is 0 Å². The fourth-order valence-electron chi connectivity index (χ4n) is 2.99. The molecule has 156 valence electrons. The second-order valence-corrected chi connectivity index (χ2v) is 7.49. The maximum Gasteiger partial charge on any atom is 0.234 e. The molecule has 0 fully saturated rings. The van der Waals surface area contributed by atoms with Gasteiger partial charge in [0.2, 0.25) is 5.91 Å². The predicted octanol–water partition coefficient (Wildman–Crippen LogP) is 4.38. The van der Waals surface area contributed by atoms with Crippen molar-refractivity contribution < 1.29 is 9.53 Å². The van der Waals surface area contributed by atoms with Crippen molar-refractivity contribution in [3.05, 3.63) is 78.6 Å². The average Bonchev–Trinajstić information content (AvgIpc) is 3.15. The Labute approximate surface area is 181 Å². The summed E-state index contributed by atoms with van der Waals surface area (Å²) in [6.07, 6.45) is 3.48. The van der Waals surface area contributed by atoms with Crippen LogP contribution in [-0.2, 0) is 24.2 Å². The SMILES string of the molecule is C=CCn1c(CCc2ccccc2)nnc1SCC(=O)Nc1ccccc1OCC. The van der Waals surface area contributed by atoms with Gasteiger partial charge in [0.25, 0.3) is 0 Å². The number of nitrogens with zero attached hydrogens (tertiary/aromatic N) is 3. The Bertz CT molecular complexity index is 972. The second kappa shape index (κ2) is 11.2. The molecule has 6 nitrogen and oxygen atoms in total. The van der Waals surface area contributed by atoms with Crippen LogP contribution in [0.4, 0.5) is 5.69 Å². The summed E-state index contributed by atoms with van der Waals surface area (Å²) in [5.74, 6) is 1.67. The molecule has 1 amide bonds. The van der Waals surface area contributed by atoms with Gasteiger partial charge in [0.05, 0.1) is 18.0 Å². The van der Waals surface area contributed by atoms with Gasteiger partial charge in [0, 0.05) is 13.0 Å². The molecule has 0 radical (unpaired) electrons. The molecule has 1 heterocycles.